The van der Waals surface area contributed by atoms with E-state index in [0.717, 1.165) is 5.56 Å². The number of hydrogen-bond acceptors (Lipinski definition) is 3. The number of urea groups is 1. The summed E-state index contributed by atoms with van der Waals surface area (Å²) < 4.78 is 4.93. The lowest BCUT2D eigenvalue weighted by Gasteiger charge is -2.21. The van der Waals surface area contributed by atoms with Crippen molar-refractivity contribution in [1.82, 2.24) is 10.2 Å². The van der Waals surface area contributed by atoms with Crippen molar-refractivity contribution in [3.8, 4) is 0 Å². The van der Waals surface area contributed by atoms with Crippen LogP contribution in [0, 0.1) is 0 Å². The molecule has 0 aliphatic rings. The maximum atomic E-state index is 12.1. The van der Waals surface area contributed by atoms with E-state index in [2.05, 4.69) is 5.32 Å². The zero-order valence-corrected chi connectivity index (χ0v) is 11.5. The van der Waals surface area contributed by atoms with Crippen LogP contribution in [0.3, 0.4) is 0 Å². The number of furan rings is 1. The van der Waals surface area contributed by atoms with Gasteiger partial charge in [0.25, 0.3) is 0 Å². The van der Waals surface area contributed by atoms with Crippen LogP contribution in [0.25, 0.3) is 0 Å². The Morgan fingerprint density at radius 1 is 1.29 bits per heavy atom. The quantitative estimate of drug-likeness (QED) is 0.884. The molecule has 110 valence electrons. The summed E-state index contributed by atoms with van der Waals surface area (Å²) in [4.78, 5) is 24.8. The molecule has 2 amide bonds. The van der Waals surface area contributed by atoms with E-state index >= 15 is 0 Å². The number of hydrogen-bond donors (Lipinski definition) is 2. The van der Waals surface area contributed by atoms with E-state index in [1.54, 1.807) is 43.4 Å². The van der Waals surface area contributed by atoms with Crippen LogP contribution < -0.4 is 5.32 Å². The Labute approximate surface area is 122 Å². The van der Waals surface area contributed by atoms with Gasteiger partial charge >= 0.3 is 12.0 Å². The summed E-state index contributed by atoms with van der Waals surface area (Å²) in [5, 5.41) is 11.8. The molecule has 0 spiro atoms. The number of carboxylic acid groups (broad SMARTS) is 1. The van der Waals surface area contributed by atoms with Gasteiger partial charge in [-0.1, -0.05) is 30.3 Å². The first-order valence-electron chi connectivity index (χ1n) is 6.38. The molecule has 0 bridgehead atoms. The molecule has 1 aromatic carbocycles. The SMILES string of the molecule is CN(Cc1ccoc1)C(=O)NC(C(=O)O)c1ccccc1. The topological polar surface area (TPSA) is 82.8 Å². The molecular weight excluding hydrogens is 272 g/mol. The van der Waals surface area contributed by atoms with Crippen molar-refractivity contribution >= 4 is 12.0 Å². The van der Waals surface area contributed by atoms with Gasteiger partial charge in [-0.3, -0.25) is 0 Å². The summed E-state index contributed by atoms with van der Waals surface area (Å²) in [6.45, 7) is 0.337. The van der Waals surface area contributed by atoms with Crippen molar-refractivity contribution in [1.29, 1.82) is 0 Å². The van der Waals surface area contributed by atoms with Crippen LogP contribution >= 0.6 is 0 Å². The van der Waals surface area contributed by atoms with Gasteiger partial charge < -0.3 is 19.7 Å². The number of carboxylic acids is 1. The van der Waals surface area contributed by atoms with Gasteiger partial charge in [-0.2, -0.15) is 0 Å². The highest BCUT2D eigenvalue weighted by Gasteiger charge is 2.23. The number of rotatable bonds is 5. The van der Waals surface area contributed by atoms with Crippen LogP contribution in [-0.4, -0.2) is 29.1 Å². The summed E-state index contributed by atoms with van der Waals surface area (Å²) in [5.74, 6) is -1.11. The maximum absolute atomic E-state index is 12.1. The standard InChI is InChI=1S/C15H16N2O4/c1-17(9-11-7-8-21-10-11)15(20)16-13(14(18)19)12-5-3-2-4-6-12/h2-8,10,13H,9H2,1H3,(H,16,20)(H,18,19). The molecule has 0 radical (unpaired) electrons. The molecule has 0 aliphatic heterocycles. The normalized spacial score (nSPS) is 11.7. The van der Waals surface area contributed by atoms with Crippen LogP contribution in [-0.2, 0) is 11.3 Å². The molecule has 0 saturated heterocycles. The van der Waals surface area contributed by atoms with E-state index in [0.29, 0.717) is 12.1 Å². The monoisotopic (exact) mass is 288 g/mol. The third-order valence-electron chi connectivity index (χ3n) is 2.99. The number of nitrogens with one attached hydrogen (secondary N) is 1. The molecule has 1 heterocycles. The maximum Gasteiger partial charge on any atom is 0.330 e. The zero-order chi connectivity index (χ0) is 15.2. The summed E-state index contributed by atoms with van der Waals surface area (Å²) in [6.07, 6.45) is 3.06. The lowest BCUT2D eigenvalue weighted by atomic mass is 10.1. The van der Waals surface area contributed by atoms with Crippen molar-refractivity contribution in [3.05, 3.63) is 60.1 Å². The van der Waals surface area contributed by atoms with E-state index in [1.807, 2.05) is 0 Å². The summed E-state index contributed by atoms with van der Waals surface area (Å²) in [7, 11) is 1.59. The molecule has 1 unspecified atom stereocenters. The number of nitrogens with zero attached hydrogens (tertiary/aromatic N) is 1. The molecule has 1 atom stereocenters. The van der Waals surface area contributed by atoms with Crippen molar-refractivity contribution in [3.63, 3.8) is 0 Å². The molecule has 2 aromatic rings. The second-order valence-electron chi connectivity index (χ2n) is 4.62. The predicted molar refractivity (Wildman–Crippen MR) is 75.5 cm³/mol. The Hall–Kier alpha value is -2.76. The second kappa shape index (κ2) is 6.60. The minimum Gasteiger partial charge on any atom is -0.479 e. The molecule has 2 rings (SSSR count). The Bertz CT molecular complexity index is 595. The molecule has 0 fully saturated rings. The molecule has 21 heavy (non-hydrogen) atoms. The van der Waals surface area contributed by atoms with Gasteiger partial charge in [0.05, 0.1) is 19.1 Å². The average molecular weight is 288 g/mol. The summed E-state index contributed by atoms with van der Waals surface area (Å²) in [5.41, 5.74) is 1.36. The van der Waals surface area contributed by atoms with Crippen LogP contribution in [0.5, 0.6) is 0 Å². The van der Waals surface area contributed by atoms with Gasteiger partial charge in [0.15, 0.2) is 6.04 Å². The Morgan fingerprint density at radius 2 is 2.00 bits per heavy atom. The fourth-order valence-electron chi connectivity index (χ4n) is 1.90. The van der Waals surface area contributed by atoms with Crippen LogP contribution in [0.4, 0.5) is 4.79 Å². The molecular formula is C15H16N2O4. The number of carbonyl (C=O) groups is 2. The third kappa shape index (κ3) is 3.85. The highest BCUT2D eigenvalue weighted by Crippen LogP contribution is 2.13. The number of amides is 2. The molecule has 6 heteroatoms. The van der Waals surface area contributed by atoms with Crippen molar-refractivity contribution in [2.24, 2.45) is 0 Å². The summed E-state index contributed by atoms with van der Waals surface area (Å²) in [6, 6.07) is 8.77. The minimum absolute atomic E-state index is 0.337. The predicted octanol–water partition coefficient (Wildman–Crippen LogP) is 2.25. The number of aliphatic carboxylic acids is 1. The number of benzene rings is 1. The van der Waals surface area contributed by atoms with Crippen molar-refractivity contribution in [2.45, 2.75) is 12.6 Å². The lowest BCUT2D eigenvalue weighted by molar-refractivity contribution is -0.139. The summed E-state index contributed by atoms with van der Waals surface area (Å²) >= 11 is 0. The number of carbonyl (C=O) groups excluding carboxylic acids is 1. The van der Waals surface area contributed by atoms with Crippen LogP contribution in [0.1, 0.15) is 17.2 Å². The molecule has 6 nitrogen and oxygen atoms in total. The second-order valence-corrected chi connectivity index (χ2v) is 4.62. The van der Waals surface area contributed by atoms with Crippen LogP contribution in [0.2, 0.25) is 0 Å². The fraction of sp³-hybridized carbons (Fsp3) is 0.200. The molecule has 0 saturated carbocycles. The van der Waals surface area contributed by atoms with E-state index in [4.69, 9.17) is 4.42 Å². The van der Waals surface area contributed by atoms with E-state index in [1.165, 1.54) is 17.4 Å². The van der Waals surface area contributed by atoms with E-state index in [-0.39, 0.29) is 0 Å². The minimum atomic E-state index is -1.11. The first-order chi connectivity index (χ1) is 10.1. The fourth-order valence-corrected chi connectivity index (χ4v) is 1.90. The Morgan fingerprint density at radius 3 is 2.57 bits per heavy atom. The van der Waals surface area contributed by atoms with Gasteiger partial charge in [-0.05, 0) is 11.6 Å². The highest BCUT2D eigenvalue weighted by atomic mass is 16.4. The molecule has 1 aromatic heterocycles. The largest absolute Gasteiger partial charge is 0.479 e. The van der Waals surface area contributed by atoms with Crippen LogP contribution in [0.15, 0.2) is 53.3 Å². The highest BCUT2D eigenvalue weighted by molar-refractivity contribution is 5.83. The first-order valence-corrected chi connectivity index (χ1v) is 6.38. The average Bonchev–Trinajstić information content (AvgIpc) is 2.98. The molecule has 2 N–H and O–H groups in total. The van der Waals surface area contributed by atoms with Crippen molar-refractivity contribution < 1.29 is 19.1 Å². The van der Waals surface area contributed by atoms with Gasteiger partial charge in [0.2, 0.25) is 0 Å². The van der Waals surface area contributed by atoms with E-state index in [9.17, 15) is 14.7 Å². The zero-order valence-electron chi connectivity index (χ0n) is 11.5. The lowest BCUT2D eigenvalue weighted by Crippen LogP contribution is -2.41. The first kappa shape index (κ1) is 14.6. The van der Waals surface area contributed by atoms with Gasteiger partial charge in [0.1, 0.15) is 0 Å². The third-order valence-corrected chi connectivity index (χ3v) is 2.99. The van der Waals surface area contributed by atoms with Crippen molar-refractivity contribution in [2.75, 3.05) is 7.05 Å². The Balaban J connectivity index is 2.03. The Kier molecular flexibility index (Phi) is 4.61. The molecule has 0 aliphatic carbocycles. The van der Waals surface area contributed by atoms with E-state index < -0.39 is 18.0 Å². The van der Waals surface area contributed by atoms with Gasteiger partial charge in [0, 0.05) is 12.6 Å². The van der Waals surface area contributed by atoms with Gasteiger partial charge in [-0.25, -0.2) is 9.59 Å². The van der Waals surface area contributed by atoms with Gasteiger partial charge in [-0.15, -0.1) is 0 Å². The smallest absolute Gasteiger partial charge is 0.330 e.